The topological polar surface area (TPSA) is 101 Å². The second-order valence-electron chi connectivity index (χ2n) is 5.52. The Bertz CT molecular complexity index is 942. The van der Waals surface area contributed by atoms with Crippen molar-refractivity contribution < 1.29 is 18.7 Å². The van der Waals surface area contributed by atoms with Crippen molar-refractivity contribution in [1.82, 2.24) is 15.4 Å². The van der Waals surface area contributed by atoms with Gasteiger partial charge in [0, 0.05) is 12.2 Å². The Labute approximate surface area is 147 Å². The van der Waals surface area contributed by atoms with E-state index in [9.17, 15) is 9.18 Å². The molecule has 26 heavy (non-hydrogen) atoms. The van der Waals surface area contributed by atoms with E-state index >= 15 is 0 Å². The lowest BCUT2D eigenvalue weighted by molar-refractivity contribution is 0.102. The highest BCUT2D eigenvalue weighted by Crippen LogP contribution is 2.32. The molecule has 4 rings (SSSR count). The number of rotatable bonds is 5. The van der Waals surface area contributed by atoms with Crippen molar-refractivity contribution in [2.45, 2.75) is 6.54 Å². The average molecular weight is 355 g/mol. The van der Waals surface area contributed by atoms with Crippen LogP contribution in [0.15, 0.2) is 42.5 Å². The van der Waals surface area contributed by atoms with Crippen molar-refractivity contribution in [1.29, 1.82) is 0 Å². The van der Waals surface area contributed by atoms with Gasteiger partial charge in [-0.1, -0.05) is 6.07 Å². The number of nitrogens with zero attached hydrogens (tertiary/aromatic N) is 2. The lowest BCUT2D eigenvalue weighted by Gasteiger charge is -2.07. The molecule has 1 amide bonds. The Morgan fingerprint density at radius 2 is 1.92 bits per heavy atom. The van der Waals surface area contributed by atoms with E-state index < -0.39 is 5.91 Å². The number of benzene rings is 2. The summed E-state index contributed by atoms with van der Waals surface area (Å²) in [5.41, 5.74) is 1.50. The highest BCUT2D eigenvalue weighted by molar-refractivity contribution is 6.05. The largest absolute Gasteiger partial charge is 0.454 e. The maximum Gasteiger partial charge on any atom is 0.280 e. The highest BCUT2D eigenvalue weighted by atomic mass is 19.1. The summed E-state index contributed by atoms with van der Waals surface area (Å²) in [6.07, 6.45) is 0. The number of halogens is 1. The van der Waals surface area contributed by atoms with Crippen LogP contribution in [0.2, 0.25) is 0 Å². The molecule has 0 saturated heterocycles. The van der Waals surface area contributed by atoms with Crippen molar-refractivity contribution in [3.05, 3.63) is 59.5 Å². The Kier molecular flexibility index (Phi) is 4.10. The molecule has 3 aromatic rings. The predicted molar refractivity (Wildman–Crippen MR) is 90.6 cm³/mol. The quantitative estimate of drug-likeness (QED) is 0.650. The summed E-state index contributed by atoms with van der Waals surface area (Å²) in [6, 6.07) is 11.0. The van der Waals surface area contributed by atoms with E-state index in [0.717, 1.165) is 5.56 Å². The van der Waals surface area contributed by atoms with Crippen LogP contribution >= 0.6 is 0 Å². The van der Waals surface area contributed by atoms with Crippen molar-refractivity contribution >= 4 is 17.4 Å². The first-order chi connectivity index (χ1) is 12.7. The molecule has 2 heterocycles. The summed E-state index contributed by atoms with van der Waals surface area (Å²) in [5, 5.41) is 15.9. The molecule has 9 heteroatoms. The number of hydrogen-bond acceptors (Lipinski definition) is 6. The van der Waals surface area contributed by atoms with Gasteiger partial charge >= 0.3 is 0 Å². The van der Waals surface area contributed by atoms with Crippen molar-refractivity contribution in [3.63, 3.8) is 0 Å². The number of aromatic nitrogens is 3. The molecule has 0 atom stereocenters. The summed E-state index contributed by atoms with van der Waals surface area (Å²) in [7, 11) is 0. The molecule has 0 aliphatic carbocycles. The van der Waals surface area contributed by atoms with Crippen LogP contribution in [0.25, 0.3) is 0 Å². The van der Waals surface area contributed by atoms with Gasteiger partial charge in [0.25, 0.3) is 5.91 Å². The van der Waals surface area contributed by atoms with Gasteiger partial charge in [0.1, 0.15) is 5.82 Å². The van der Waals surface area contributed by atoms with Crippen LogP contribution in [-0.4, -0.2) is 28.1 Å². The van der Waals surface area contributed by atoms with Crippen LogP contribution < -0.4 is 20.1 Å². The van der Waals surface area contributed by atoms with E-state index in [0.29, 0.717) is 29.5 Å². The second kappa shape index (κ2) is 6.71. The number of nitrogens with one attached hydrogen (secondary N) is 3. The van der Waals surface area contributed by atoms with Gasteiger partial charge < -0.3 is 20.1 Å². The number of hydrogen-bond donors (Lipinski definition) is 3. The number of H-pyrrole nitrogens is 1. The third-order valence-electron chi connectivity index (χ3n) is 3.76. The fourth-order valence-corrected chi connectivity index (χ4v) is 2.47. The van der Waals surface area contributed by atoms with Gasteiger partial charge in [-0.3, -0.25) is 4.79 Å². The van der Waals surface area contributed by atoms with E-state index in [1.54, 1.807) is 0 Å². The smallest absolute Gasteiger partial charge is 0.280 e. The van der Waals surface area contributed by atoms with Crippen LogP contribution in [0.4, 0.5) is 15.9 Å². The van der Waals surface area contributed by atoms with E-state index in [-0.39, 0.29) is 18.3 Å². The monoisotopic (exact) mass is 355 g/mol. The molecule has 1 aliphatic rings. The molecule has 132 valence electrons. The SMILES string of the molecule is O=C(Nc1ccc(F)cc1)c1n[nH]nc1NCc1ccc2c(c1)OCO2. The third kappa shape index (κ3) is 3.27. The standard InChI is InChI=1S/C17H14FN5O3/c18-11-2-4-12(5-3-11)20-17(24)15-16(22-23-21-15)19-8-10-1-6-13-14(7-10)26-9-25-13/h1-7H,8-9H2,(H,20,24)(H2,19,21,22,23). The minimum Gasteiger partial charge on any atom is -0.454 e. The van der Waals surface area contributed by atoms with Crippen molar-refractivity contribution in [2.24, 2.45) is 0 Å². The zero-order valence-corrected chi connectivity index (χ0v) is 13.5. The van der Waals surface area contributed by atoms with Gasteiger partial charge in [-0.2, -0.15) is 5.21 Å². The first kappa shape index (κ1) is 15.9. The zero-order valence-electron chi connectivity index (χ0n) is 13.5. The summed E-state index contributed by atoms with van der Waals surface area (Å²) in [5.74, 6) is 0.852. The van der Waals surface area contributed by atoms with Crippen LogP contribution in [-0.2, 0) is 6.54 Å². The average Bonchev–Trinajstić information content (AvgIpc) is 3.30. The summed E-state index contributed by atoms with van der Waals surface area (Å²) >= 11 is 0. The fourth-order valence-electron chi connectivity index (χ4n) is 2.47. The molecule has 0 unspecified atom stereocenters. The highest BCUT2D eigenvalue weighted by Gasteiger charge is 2.17. The number of ether oxygens (including phenoxy) is 2. The molecule has 2 aromatic carbocycles. The molecule has 3 N–H and O–H groups in total. The van der Waals surface area contributed by atoms with Gasteiger partial charge in [0.05, 0.1) is 0 Å². The molecule has 1 aromatic heterocycles. The lowest BCUT2D eigenvalue weighted by Crippen LogP contribution is -2.15. The van der Waals surface area contributed by atoms with Gasteiger partial charge in [-0.25, -0.2) is 4.39 Å². The number of carbonyl (C=O) groups is 1. The molecule has 0 saturated carbocycles. The molecular formula is C17H14FN5O3. The second-order valence-corrected chi connectivity index (χ2v) is 5.52. The summed E-state index contributed by atoms with van der Waals surface area (Å²) in [6.45, 7) is 0.628. The van der Waals surface area contributed by atoms with Crippen LogP contribution in [0, 0.1) is 5.82 Å². The molecule has 0 fully saturated rings. The summed E-state index contributed by atoms with van der Waals surface area (Å²) in [4.78, 5) is 12.3. The van der Waals surface area contributed by atoms with Crippen LogP contribution in [0.3, 0.4) is 0 Å². The molecule has 0 bridgehead atoms. The Morgan fingerprint density at radius 1 is 1.12 bits per heavy atom. The van der Waals surface area contributed by atoms with Crippen molar-refractivity contribution in [2.75, 3.05) is 17.4 Å². The Morgan fingerprint density at radius 3 is 2.77 bits per heavy atom. The lowest BCUT2D eigenvalue weighted by atomic mass is 10.2. The van der Waals surface area contributed by atoms with Gasteiger partial charge in [0.2, 0.25) is 6.79 Å². The molecule has 0 spiro atoms. The molecule has 0 radical (unpaired) electrons. The van der Waals surface area contributed by atoms with Crippen LogP contribution in [0.5, 0.6) is 11.5 Å². The number of anilines is 2. The van der Waals surface area contributed by atoms with E-state index in [1.165, 1.54) is 24.3 Å². The minimum absolute atomic E-state index is 0.107. The van der Waals surface area contributed by atoms with E-state index in [2.05, 4.69) is 26.0 Å². The predicted octanol–water partition coefficient (Wildman–Crippen LogP) is 2.54. The van der Waals surface area contributed by atoms with E-state index in [4.69, 9.17) is 9.47 Å². The third-order valence-corrected chi connectivity index (χ3v) is 3.76. The molecular weight excluding hydrogens is 341 g/mol. The first-order valence-corrected chi connectivity index (χ1v) is 7.79. The van der Waals surface area contributed by atoms with Crippen LogP contribution in [0.1, 0.15) is 16.1 Å². The number of amides is 1. The number of aromatic amines is 1. The Hall–Kier alpha value is -3.62. The number of carbonyl (C=O) groups excluding carboxylic acids is 1. The van der Waals surface area contributed by atoms with E-state index in [1.807, 2.05) is 18.2 Å². The molecule has 1 aliphatic heterocycles. The molecule has 8 nitrogen and oxygen atoms in total. The van der Waals surface area contributed by atoms with Gasteiger partial charge in [-0.05, 0) is 42.0 Å². The minimum atomic E-state index is -0.460. The normalized spacial score (nSPS) is 12.0. The summed E-state index contributed by atoms with van der Waals surface area (Å²) < 4.78 is 23.5. The maximum absolute atomic E-state index is 12.9. The fraction of sp³-hybridized carbons (Fsp3) is 0.118. The maximum atomic E-state index is 12.9. The number of fused-ring (bicyclic) bond motifs is 1. The zero-order chi connectivity index (χ0) is 17.9. The Balaban J connectivity index is 1.43. The first-order valence-electron chi connectivity index (χ1n) is 7.79. The van der Waals surface area contributed by atoms with Crippen molar-refractivity contribution in [3.8, 4) is 11.5 Å². The van der Waals surface area contributed by atoms with Gasteiger partial charge in [-0.15, -0.1) is 10.2 Å². The van der Waals surface area contributed by atoms with Gasteiger partial charge in [0.15, 0.2) is 23.0 Å².